The second kappa shape index (κ2) is 2.96. The Labute approximate surface area is 89.0 Å². The van der Waals surface area contributed by atoms with Crippen LogP contribution >= 0.6 is 0 Å². The largest absolute Gasteiger partial charge is 0.353 e. The van der Waals surface area contributed by atoms with Gasteiger partial charge in [-0.3, -0.25) is 4.99 Å². The number of nitrogens with one attached hydrogen (secondary N) is 1. The number of aliphatic imine (C=N–C) groups is 1. The first kappa shape index (κ1) is 8.72. The average molecular weight is 198 g/mol. The summed E-state index contributed by atoms with van der Waals surface area (Å²) < 4.78 is 0. The summed E-state index contributed by atoms with van der Waals surface area (Å²) in [6.45, 7) is 4.26. The minimum Gasteiger partial charge on any atom is -0.353 e. The molecule has 2 heteroatoms. The fourth-order valence-electron chi connectivity index (χ4n) is 2.46. The lowest BCUT2D eigenvalue weighted by molar-refractivity contribution is 0.729. The van der Waals surface area contributed by atoms with Crippen LogP contribution in [0.25, 0.3) is 10.9 Å². The van der Waals surface area contributed by atoms with Gasteiger partial charge in [0.05, 0.1) is 17.4 Å². The second-order valence-corrected chi connectivity index (χ2v) is 4.29. The number of fused-ring (bicyclic) bond motifs is 3. The molecule has 0 aliphatic carbocycles. The standard InChI is InChI=1S/C13H14N2/c1-8-7-11-10-5-3-4-6-12(10)15-13(11)9(2)14-8/h3-6,8,15H,7H2,1-2H3. The number of hydrogen-bond acceptors (Lipinski definition) is 1. The highest BCUT2D eigenvalue weighted by atomic mass is 14.9. The number of rotatable bonds is 0. The van der Waals surface area contributed by atoms with Gasteiger partial charge in [0.1, 0.15) is 0 Å². The van der Waals surface area contributed by atoms with Crippen molar-refractivity contribution in [1.82, 2.24) is 4.98 Å². The lowest BCUT2D eigenvalue weighted by Crippen LogP contribution is -2.15. The molecule has 0 amide bonds. The Balaban J connectivity index is 2.34. The van der Waals surface area contributed by atoms with Gasteiger partial charge in [-0.25, -0.2) is 0 Å². The third-order valence-corrected chi connectivity index (χ3v) is 3.09. The highest BCUT2D eigenvalue weighted by Gasteiger charge is 2.19. The maximum atomic E-state index is 4.60. The Morgan fingerprint density at radius 3 is 3.00 bits per heavy atom. The molecule has 3 rings (SSSR count). The number of hydrogen-bond donors (Lipinski definition) is 1. The van der Waals surface area contributed by atoms with Gasteiger partial charge in [-0.2, -0.15) is 0 Å². The molecular formula is C13H14N2. The smallest absolute Gasteiger partial charge is 0.0635 e. The summed E-state index contributed by atoms with van der Waals surface area (Å²) in [7, 11) is 0. The molecule has 2 nitrogen and oxygen atoms in total. The fourth-order valence-corrected chi connectivity index (χ4v) is 2.46. The van der Waals surface area contributed by atoms with Crippen LogP contribution in [0.5, 0.6) is 0 Å². The van der Waals surface area contributed by atoms with Crippen molar-refractivity contribution in [2.75, 3.05) is 0 Å². The fraction of sp³-hybridized carbons (Fsp3) is 0.308. The molecule has 1 aliphatic rings. The van der Waals surface area contributed by atoms with Crippen LogP contribution in [0.3, 0.4) is 0 Å². The van der Waals surface area contributed by atoms with E-state index < -0.39 is 0 Å². The molecule has 0 fully saturated rings. The average Bonchev–Trinajstić information content (AvgIpc) is 2.57. The number of para-hydroxylation sites is 1. The molecule has 1 N–H and O–H groups in total. The Bertz CT molecular complexity index is 549. The van der Waals surface area contributed by atoms with Crippen molar-refractivity contribution >= 4 is 16.6 Å². The molecular weight excluding hydrogens is 184 g/mol. The van der Waals surface area contributed by atoms with E-state index in [2.05, 4.69) is 48.1 Å². The zero-order valence-electron chi connectivity index (χ0n) is 9.04. The van der Waals surface area contributed by atoms with E-state index in [9.17, 15) is 0 Å². The van der Waals surface area contributed by atoms with Crippen LogP contribution in [0.15, 0.2) is 29.3 Å². The molecule has 1 aromatic heterocycles. The highest BCUT2D eigenvalue weighted by Crippen LogP contribution is 2.27. The second-order valence-electron chi connectivity index (χ2n) is 4.29. The number of aromatic amines is 1. The summed E-state index contributed by atoms with van der Waals surface area (Å²) in [4.78, 5) is 8.06. The molecule has 2 heterocycles. The molecule has 0 radical (unpaired) electrons. The van der Waals surface area contributed by atoms with E-state index in [-0.39, 0.29) is 0 Å². The zero-order chi connectivity index (χ0) is 10.4. The first-order valence-corrected chi connectivity index (χ1v) is 5.40. The summed E-state index contributed by atoms with van der Waals surface area (Å²) in [5.41, 5.74) is 5.03. The molecule has 15 heavy (non-hydrogen) atoms. The molecule has 1 aliphatic heterocycles. The third-order valence-electron chi connectivity index (χ3n) is 3.09. The highest BCUT2D eigenvalue weighted by molar-refractivity contribution is 6.05. The Morgan fingerprint density at radius 2 is 2.13 bits per heavy atom. The van der Waals surface area contributed by atoms with Crippen molar-refractivity contribution in [3.8, 4) is 0 Å². The van der Waals surface area contributed by atoms with Gasteiger partial charge in [-0.15, -0.1) is 0 Å². The molecule has 2 aromatic rings. The maximum absolute atomic E-state index is 4.60. The number of benzene rings is 1. The molecule has 76 valence electrons. The monoisotopic (exact) mass is 198 g/mol. The van der Waals surface area contributed by atoms with Crippen molar-refractivity contribution in [2.45, 2.75) is 26.3 Å². The molecule has 0 saturated heterocycles. The van der Waals surface area contributed by atoms with E-state index in [0.717, 1.165) is 12.1 Å². The Kier molecular flexibility index (Phi) is 1.72. The number of nitrogens with zero attached hydrogens (tertiary/aromatic N) is 1. The first-order chi connectivity index (χ1) is 7.25. The number of H-pyrrole nitrogens is 1. The summed E-state index contributed by atoms with van der Waals surface area (Å²) in [6.07, 6.45) is 1.05. The topological polar surface area (TPSA) is 28.1 Å². The first-order valence-electron chi connectivity index (χ1n) is 5.40. The van der Waals surface area contributed by atoms with E-state index in [1.54, 1.807) is 0 Å². The molecule has 0 spiro atoms. The van der Waals surface area contributed by atoms with Crippen molar-refractivity contribution < 1.29 is 0 Å². The van der Waals surface area contributed by atoms with Gasteiger partial charge in [0.15, 0.2) is 0 Å². The van der Waals surface area contributed by atoms with Gasteiger partial charge >= 0.3 is 0 Å². The van der Waals surface area contributed by atoms with Gasteiger partial charge in [0.25, 0.3) is 0 Å². The molecule has 0 saturated carbocycles. The zero-order valence-corrected chi connectivity index (χ0v) is 9.04. The normalized spacial score (nSPS) is 20.1. The van der Waals surface area contributed by atoms with Crippen LogP contribution < -0.4 is 0 Å². The van der Waals surface area contributed by atoms with E-state index in [1.807, 2.05) is 0 Å². The lowest BCUT2D eigenvalue weighted by Gasteiger charge is -2.15. The summed E-state index contributed by atoms with van der Waals surface area (Å²) in [5.74, 6) is 0. The predicted molar refractivity (Wildman–Crippen MR) is 63.7 cm³/mol. The molecule has 1 atom stereocenters. The van der Waals surface area contributed by atoms with E-state index >= 15 is 0 Å². The molecule has 1 unspecified atom stereocenters. The van der Waals surface area contributed by atoms with Crippen molar-refractivity contribution in [2.24, 2.45) is 4.99 Å². The molecule has 0 bridgehead atoms. The van der Waals surface area contributed by atoms with Gasteiger partial charge < -0.3 is 4.98 Å². The van der Waals surface area contributed by atoms with Gasteiger partial charge in [0.2, 0.25) is 0 Å². The van der Waals surface area contributed by atoms with E-state index in [1.165, 1.54) is 22.2 Å². The van der Waals surface area contributed by atoms with Gasteiger partial charge in [0, 0.05) is 10.9 Å². The van der Waals surface area contributed by atoms with Crippen LogP contribution in [-0.2, 0) is 6.42 Å². The predicted octanol–water partition coefficient (Wildman–Crippen LogP) is 2.92. The SMILES string of the molecule is CC1=NC(C)Cc2c1[nH]c1ccccc21. The van der Waals surface area contributed by atoms with Crippen LogP contribution in [0.2, 0.25) is 0 Å². The summed E-state index contributed by atoms with van der Waals surface area (Å²) in [6, 6.07) is 8.90. The summed E-state index contributed by atoms with van der Waals surface area (Å²) >= 11 is 0. The van der Waals surface area contributed by atoms with E-state index in [4.69, 9.17) is 0 Å². The Hall–Kier alpha value is -1.57. The van der Waals surface area contributed by atoms with E-state index in [0.29, 0.717) is 6.04 Å². The quantitative estimate of drug-likeness (QED) is 0.674. The van der Waals surface area contributed by atoms with Crippen molar-refractivity contribution in [1.29, 1.82) is 0 Å². The van der Waals surface area contributed by atoms with Crippen LogP contribution in [0.4, 0.5) is 0 Å². The van der Waals surface area contributed by atoms with Crippen molar-refractivity contribution in [3.63, 3.8) is 0 Å². The minimum atomic E-state index is 0.414. The third kappa shape index (κ3) is 1.21. The van der Waals surface area contributed by atoms with Gasteiger partial charge in [-0.1, -0.05) is 18.2 Å². The van der Waals surface area contributed by atoms with Crippen LogP contribution in [0, 0.1) is 0 Å². The Morgan fingerprint density at radius 1 is 1.33 bits per heavy atom. The van der Waals surface area contributed by atoms with Crippen LogP contribution in [-0.4, -0.2) is 16.7 Å². The van der Waals surface area contributed by atoms with Crippen molar-refractivity contribution in [3.05, 3.63) is 35.5 Å². The number of aromatic nitrogens is 1. The lowest BCUT2D eigenvalue weighted by atomic mass is 9.99. The summed E-state index contributed by atoms with van der Waals surface area (Å²) in [5, 5.41) is 1.36. The maximum Gasteiger partial charge on any atom is 0.0635 e. The van der Waals surface area contributed by atoms with Gasteiger partial charge in [-0.05, 0) is 31.9 Å². The minimum absolute atomic E-state index is 0.414. The van der Waals surface area contributed by atoms with Crippen LogP contribution in [0.1, 0.15) is 25.1 Å². The molecule has 1 aromatic carbocycles.